The van der Waals surface area contributed by atoms with Crippen LogP contribution >= 0.6 is 31.9 Å². The Hall–Kier alpha value is -0.690. The van der Waals surface area contributed by atoms with Crippen LogP contribution in [0.4, 0.5) is 0 Å². The lowest BCUT2D eigenvalue weighted by molar-refractivity contribution is 0.549. The molecule has 1 unspecified atom stereocenters. The van der Waals surface area contributed by atoms with Gasteiger partial charge in [0, 0.05) is 15.0 Å². The van der Waals surface area contributed by atoms with E-state index in [1.54, 1.807) is 24.3 Å². The van der Waals surface area contributed by atoms with Crippen molar-refractivity contribution in [2.24, 2.45) is 0 Å². The summed E-state index contributed by atoms with van der Waals surface area (Å²) in [5.74, 6) is 0. The highest BCUT2D eigenvalue weighted by Gasteiger charge is 2.22. The van der Waals surface area contributed by atoms with Crippen molar-refractivity contribution >= 4 is 41.9 Å². The van der Waals surface area contributed by atoms with Crippen molar-refractivity contribution in [2.45, 2.75) is 24.3 Å². The van der Waals surface area contributed by atoms with Gasteiger partial charge < -0.3 is 0 Å². The molecule has 0 aliphatic rings. The van der Waals surface area contributed by atoms with Gasteiger partial charge in [0.1, 0.15) is 0 Å². The van der Waals surface area contributed by atoms with Crippen LogP contribution in [0.2, 0.25) is 0 Å². The molecule has 2 aromatic rings. The van der Waals surface area contributed by atoms with E-state index in [4.69, 9.17) is 0 Å². The van der Waals surface area contributed by atoms with E-state index >= 15 is 0 Å². The summed E-state index contributed by atoms with van der Waals surface area (Å²) < 4.78 is 29.3. The highest BCUT2D eigenvalue weighted by atomic mass is 79.9. The van der Waals surface area contributed by atoms with Gasteiger partial charge in [0.15, 0.2) is 0 Å². The molecule has 0 saturated carbocycles. The SMILES string of the molecule is CCC(NS(=O)(=O)c1ccccc1Br)c1ccc(Br)cc1. The lowest BCUT2D eigenvalue weighted by Gasteiger charge is -2.18. The number of benzene rings is 2. The summed E-state index contributed by atoms with van der Waals surface area (Å²) in [6.45, 7) is 1.95. The summed E-state index contributed by atoms with van der Waals surface area (Å²) >= 11 is 6.66. The third kappa shape index (κ3) is 4.16. The van der Waals surface area contributed by atoms with E-state index in [1.165, 1.54) is 0 Å². The van der Waals surface area contributed by atoms with Gasteiger partial charge in [-0.15, -0.1) is 0 Å². The molecule has 112 valence electrons. The van der Waals surface area contributed by atoms with Gasteiger partial charge in [-0.05, 0) is 52.2 Å². The molecule has 1 N–H and O–H groups in total. The lowest BCUT2D eigenvalue weighted by atomic mass is 10.1. The maximum atomic E-state index is 12.5. The van der Waals surface area contributed by atoms with Gasteiger partial charge in [-0.3, -0.25) is 0 Å². The molecular formula is C15H15Br2NO2S. The minimum atomic E-state index is -3.57. The molecule has 0 aliphatic carbocycles. The van der Waals surface area contributed by atoms with Crippen LogP contribution in [0.3, 0.4) is 0 Å². The van der Waals surface area contributed by atoms with Crippen LogP contribution in [0, 0.1) is 0 Å². The Morgan fingerprint density at radius 3 is 2.24 bits per heavy atom. The van der Waals surface area contributed by atoms with Gasteiger partial charge in [-0.2, -0.15) is 0 Å². The molecule has 2 rings (SSSR count). The van der Waals surface area contributed by atoms with Crippen molar-refractivity contribution in [1.29, 1.82) is 0 Å². The van der Waals surface area contributed by atoms with Crippen molar-refractivity contribution in [2.75, 3.05) is 0 Å². The largest absolute Gasteiger partial charge is 0.242 e. The number of halogens is 2. The molecule has 6 heteroatoms. The Kier molecular flexibility index (Phi) is 5.60. The molecule has 1 atom stereocenters. The summed E-state index contributed by atoms with van der Waals surface area (Å²) in [4.78, 5) is 0.251. The minimum Gasteiger partial charge on any atom is -0.207 e. The second-order valence-electron chi connectivity index (χ2n) is 4.56. The van der Waals surface area contributed by atoms with E-state index in [0.717, 1.165) is 10.0 Å². The van der Waals surface area contributed by atoms with Crippen molar-refractivity contribution in [3.8, 4) is 0 Å². The number of nitrogens with one attached hydrogen (secondary N) is 1. The molecular weight excluding hydrogens is 418 g/mol. The van der Waals surface area contributed by atoms with Gasteiger partial charge in [-0.1, -0.05) is 47.1 Å². The van der Waals surface area contributed by atoms with Crippen LogP contribution < -0.4 is 4.72 Å². The summed E-state index contributed by atoms with van der Waals surface area (Å²) in [6.07, 6.45) is 0.672. The van der Waals surface area contributed by atoms with Crippen LogP contribution in [-0.2, 0) is 10.0 Å². The molecule has 0 aliphatic heterocycles. The minimum absolute atomic E-state index is 0.251. The van der Waals surface area contributed by atoms with Gasteiger partial charge in [0.2, 0.25) is 10.0 Å². The monoisotopic (exact) mass is 431 g/mol. The number of hydrogen-bond donors (Lipinski definition) is 1. The molecule has 0 fully saturated rings. The molecule has 0 bridgehead atoms. The second-order valence-corrected chi connectivity index (χ2v) is 8.02. The van der Waals surface area contributed by atoms with Gasteiger partial charge in [-0.25, -0.2) is 13.1 Å². The molecule has 3 nitrogen and oxygen atoms in total. The van der Waals surface area contributed by atoms with Crippen LogP contribution in [0.1, 0.15) is 24.9 Å². The summed E-state index contributed by atoms with van der Waals surface area (Å²) in [7, 11) is -3.57. The number of rotatable bonds is 5. The first-order valence-electron chi connectivity index (χ1n) is 6.46. The van der Waals surface area contributed by atoms with Crippen LogP contribution in [-0.4, -0.2) is 8.42 Å². The fourth-order valence-electron chi connectivity index (χ4n) is 2.00. The van der Waals surface area contributed by atoms with E-state index in [1.807, 2.05) is 31.2 Å². The maximum absolute atomic E-state index is 12.5. The molecule has 0 heterocycles. The van der Waals surface area contributed by atoms with E-state index in [-0.39, 0.29) is 10.9 Å². The fourth-order valence-corrected chi connectivity index (χ4v) is 4.57. The zero-order valence-electron chi connectivity index (χ0n) is 11.4. The van der Waals surface area contributed by atoms with Crippen molar-refractivity contribution < 1.29 is 8.42 Å². The standard InChI is InChI=1S/C15H15Br2NO2S/c1-2-14(11-7-9-12(16)10-8-11)18-21(19,20)15-6-4-3-5-13(15)17/h3-10,14,18H,2H2,1H3. The smallest absolute Gasteiger partial charge is 0.207 e. The molecule has 2 aromatic carbocycles. The Morgan fingerprint density at radius 1 is 1.05 bits per heavy atom. The van der Waals surface area contributed by atoms with Crippen LogP contribution in [0.5, 0.6) is 0 Å². The summed E-state index contributed by atoms with van der Waals surface area (Å²) in [5, 5.41) is 0. The lowest BCUT2D eigenvalue weighted by Crippen LogP contribution is -2.28. The highest BCUT2D eigenvalue weighted by Crippen LogP contribution is 2.25. The average Bonchev–Trinajstić information content (AvgIpc) is 2.46. The zero-order chi connectivity index (χ0) is 15.5. The molecule has 0 spiro atoms. The van der Waals surface area contributed by atoms with Crippen molar-refractivity contribution in [3.05, 3.63) is 63.0 Å². The topological polar surface area (TPSA) is 46.2 Å². The van der Waals surface area contributed by atoms with Gasteiger partial charge in [0.25, 0.3) is 0 Å². The first-order chi connectivity index (χ1) is 9.94. The Bertz CT molecular complexity index is 715. The Balaban J connectivity index is 2.30. The Labute approximate surface area is 142 Å². The second kappa shape index (κ2) is 7.05. The van der Waals surface area contributed by atoms with Crippen molar-refractivity contribution in [3.63, 3.8) is 0 Å². The normalized spacial score (nSPS) is 13.1. The fraction of sp³-hybridized carbons (Fsp3) is 0.200. The molecule has 0 aromatic heterocycles. The zero-order valence-corrected chi connectivity index (χ0v) is 15.4. The van der Waals surface area contributed by atoms with Crippen LogP contribution in [0.15, 0.2) is 62.4 Å². The summed E-state index contributed by atoms with van der Waals surface area (Å²) in [5.41, 5.74) is 0.941. The van der Waals surface area contributed by atoms with E-state index in [9.17, 15) is 8.42 Å². The Morgan fingerprint density at radius 2 is 1.67 bits per heavy atom. The first-order valence-corrected chi connectivity index (χ1v) is 9.53. The maximum Gasteiger partial charge on any atom is 0.242 e. The van der Waals surface area contributed by atoms with E-state index in [2.05, 4.69) is 36.6 Å². The number of hydrogen-bond acceptors (Lipinski definition) is 2. The number of sulfonamides is 1. The molecule has 0 radical (unpaired) electrons. The first kappa shape index (κ1) is 16.7. The third-order valence-electron chi connectivity index (χ3n) is 3.10. The molecule has 0 amide bonds. The summed E-state index contributed by atoms with van der Waals surface area (Å²) in [6, 6.07) is 14.2. The van der Waals surface area contributed by atoms with Gasteiger partial charge >= 0.3 is 0 Å². The highest BCUT2D eigenvalue weighted by molar-refractivity contribution is 9.10. The average molecular weight is 433 g/mol. The van der Waals surface area contributed by atoms with E-state index in [0.29, 0.717) is 10.9 Å². The molecule has 21 heavy (non-hydrogen) atoms. The third-order valence-corrected chi connectivity index (χ3v) is 6.12. The molecule has 0 saturated heterocycles. The quantitative estimate of drug-likeness (QED) is 0.747. The van der Waals surface area contributed by atoms with E-state index < -0.39 is 10.0 Å². The van der Waals surface area contributed by atoms with Crippen molar-refractivity contribution in [1.82, 2.24) is 4.72 Å². The predicted molar refractivity (Wildman–Crippen MR) is 91.6 cm³/mol. The predicted octanol–water partition coefficient (Wildman–Crippen LogP) is 4.64. The van der Waals surface area contributed by atoms with Gasteiger partial charge in [0.05, 0.1) is 4.90 Å². The van der Waals surface area contributed by atoms with Crippen LogP contribution in [0.25, 0.3) is 0 Å².